The average molecular weight is 368 g/mol. The van der Waals surface area contributed by atoms with Crippen molar-refractivity contribution in [1.82, 2.24) is 9.46 Å². The van der Waals surface area contributed by atoms with Crippen molar-refractivity contribution in [3.8, 4) is 11.5 Å². The van der Waals surface area contributed by atoms with Crippen LogP contribution in [0.5, 0.6) is 0 Å². The molecule has 8 nitrogen and oxygen atoms in total. The van der Waals surface area contributed by atoms with Gasteiger partial charge in [-0.05, 0) is 38.8 Å². The summed E-state index contributed by atoms with van der Waals surface area (Å²) < 4.78 is 42.3. The van der Waals surface area contributed by atoms with Gasteiger partial charge in [-0.25, -0.2) is 8.42 Å². The van der Waals surface area contributed by atoms with Crippen LogP contribution in [0.3, 0.4) is 0 Å². The normalized spacial score (nSPS) is 16.9. The van der Waals surface area contributed by atoms with E-state index in [1.54, 1.807) is 19.9 Å². The minimum atomic E-state index is -3.75. The van der Waals surface area contributed by atoms with Gasteiger partial charge < -0.3 is 13.7 Å². The largest absolute Gasteiger partial charge is 0.466 e. The molecule has 0 aliphatic carbocycles. The molecule has 1 aliphatic rings. The number of furan rings is 1. The van der Waals surface area contributed by atoms with E-state index in [1.165, 1.54) is 16.4 Å². The SMILES string of the molecule is CCOC(=O)C1CCN(S(=O)(=O)c2ccc(-c3cc(C)no3)o2)CC1. The molecule has 0 aromatic carbocycles. The number of esters is 1. The van der Waals surface area contributed by atoms with Gasteiger partial charge in [-0.1, -0.05) is 5.16 Å². The molecule has 0 bridgehead atoms. The van der Waals surface area contributed by atoms with Crippen LogP contribution in [0, 0.1) is 12.8 Å². The summed E-state index contributed by atoms with van der Waals surface area (Å²) in [7, 11) is -3.75. The third-order valence-electron chi connectivity index (χ3n) is 4.12. The molecule has 3 heterocycles. The molecule has 1 aliphatic heterocycles. The molecule has 9 heteroatoms. The smallest absolute Gasteiger partial charge is 0.309 e. The number of carbonyl (C=O) groups excluding carboxylic acids is 1. The fourth-order valence-corrected chi connectivity index (χ4v) is 4.17. The molecule has 0 radical (unpaired) electrons. The van der Waals surface area contributed by atoms with Crippen LogP contribution in [-0.4, -0.2) is 43.5 Å². The maximum atomic E-state index is 12.7. The fraction of sp³-hybridized carbons (Fsp3) is 0.500. The summed E-state index contributed by atoms with van der Waals surface area (Å²) in [6.45, 7) is 4.35. The van der Waals surface area contributed by atoms with Gasteiger partial charge in [0.15, 0.2) is 5.76 Å². The van der Waals surface area contributed by atoms with Crippen LogP contribution in [0.1, 0.15) is 25.5 Å². The van der Waals surface area contributed by atoms with Gasteiger partial charge in [0.25, 0.3) is 10.0 Å². The average Bonchev–Trinajstić information content (AvgIpc) is 3.24. The van der Waals surface area contributed by atoms with Crippen LogP contribution in [0.15, 0.2) is 32.2 Å². The third-order valence-corrected chi connectivity index (χ3v) is 5.89. The van der Waals surface area contributed by atoms with E-state index in [2.05, 4.69) is 5.16 Å². The minimum absolute atomic E-state index is 0.147. The van der Waals surface area contributed by atoms with Gasteiger partial charge in [-0.2, -0.15) is 4.31 Å². The second-order valence-corrected chi connectivity index (χ2v) is 7.75. The molecule has 0 N–H and O–H groups in total. The summed E-state index contributed by atoms with van der Waals surface area (Å²) in [5, 5.41) is 3.61. The zero-order valence-electron chi connectivity index (χ0n) is 14.1. The number of aryl methyl sites for hydroxylation is 1. The predicted molar refractivity (Wildman–Crippen MR) is 87.1 cm³/mol. The number of piperidine rings is 1. The Labute approximate surface area is 145 Å². The Hall–Kier alpha value is -2.13. The molecule has 2 aromatic heterocycles. The van der Waals surface area contributed by atoms with Crippen LogP contribution in [0.2, 0.25) is 0 Å². The summed E-state index contributed by atoms with van der Waals surface area (Å²) >= 11 is 0. The van der Waals surface area contributed by atoms with Crippen LogP contribution in [-0.2, 0) is 19.6 Å². The Kier molecular flexibility index (Phi) is 4.96. The maximum Gasteiger partial charge on any atom is 0.309 e. The Bertz CT molecular complexity index is 846. The Morgan fingerprint density at radius 3 is 2.64 bits per heavy atom. The van der Waals surface area contributed by atoms with E-state index >= 15 is 0 Å². The van der Waals surface area contributed by atoms with Crippen molar-refractivity contribution < 1.29 is 26.9 Å². The second kappa shape index (κ2) is 7.01. The standard InChI is InChI=1S/C16H20N2O6S/c1-3-22-16(19)12-6-8-18(9-7-12)25(20,21)15-5-4-13(23-15)14-10-11(2)17-24-14/h4-5,10,12H,3,6-9H2,1-2H3. The van der Waals surface area contributed by atoms with E-state index in [0.29, 0.717) is 36.7 Å². The molecule has 2 aromatic rings. The molecule has 0 amide bonds. The molecular formula is C16H20N2O6S. The van der Waals surface area contributed by atoms with Crippen molar-refractivity contribution >= 4 is 16.0 Å². The lowest BCUT2D eigenvalue weighted by molar-refractivity contribution is -0.149. The van der Waals surface area contributed by atoms with Crippen molar-refractivity contribution in [2.24, 2.45) is 5.92 Å². The monoisotopic (exact) mass is 368 g/mol. The van der Waals surface area contributed by atoms with Gasteiger partial charge in [0, 0.05) is 19.2 Å². The fourth-order valence-electron chi connectivity index (χ4n) is 2.79. The summed E-state index contributed by atoms with van der Waals surface area (Å²) in [5.74, 6) is 0.164. The van der Waals surface area contributed by atoms with E-state index in [0.717, 1.165) is 0 Å². The molecule has 25 heavy (non-hydrogen) atoms. The lowest BCUT2D eigenvalue weighted by Gasteiger charge is -2.29. The lowest BCUT2D eigenvalue weighted by Crippen LogP contribution is -2.40. The Morgan fingerprint density at radius 2 is 2.04 bits per heavy atom. The van der Waals surface area contributed by atoms with E-state index in [-0.39, 0.29) is 30.1 Å². The molecule has 0 unspecified atom stereocenters. The van der Waals surface area contributed by atoms with Crippen LogP contribution < -0.4 is 0 Å². The maximum absolute atomic E-state index is 12.7. The number of sulfonamides is 1. The highest BCUT2D eigenvalue weighted by molar-refractivity contribution is 7.89. The van der Waals surface area contributed by atoms with Crippen molar-refractivity contribution in [1.29, 1.82) is 0 Å². The van der Waals surface area contributed by atoms with Gasteiger partial charge in [0.1, 0.15) is 0 Å². The van der Waals surface area contributed by atoms with E-state index in [1.807, 2.05) is 0 Å². The van der Waals surface area contributed by atoms with Crippen LogP contribution >= 0.6 is 0 Å². The van der Waals surface area contributed by atoms with Crippen molar-refractivity contribution in [3.63, 3.8) is 0 Å². The number of carbonyl (C=O) groups is 1. The first kappa shape index (κ1) is 17.7. The first-order valence-electron chi connectivity index (χ1n) is 8.12. The van der Waals surface area contributed by atoms with Gasteiger partial charge in [-0.3, -0.25) is 4.79 Å². The third kappa shape index (κ3) is 3.62. The summed E-state index contributed by atoms with van der Waals surface area (Å²) in [6, 6.07) is 4.61. The van der Waals surface area contributed by atoms with E-state index < -0.39 is 10.0 Å². The van der Waals surface area contributed by atoms with Gasteiger partial charge in [0.2, 0.25) is 10.9 Å². The zero-order valence-corrected chi connectivity index (χ0v) is 14.9. The number of rotatable bonds is 5. The van der Waals surface area contributed by atoms with E-state index in [9.17, 15) is 13.2 Å². The number of nitrogens with zero attached hydrogens (tertiary/aromatic N) is 2. The van der Waals surface area contributed by atoms with Gasteiger partial charge in [0.05, 0.1) is 18.2 Å². The molecule has 0 saturated carbocycles. The van der Waals surface area contributed by atoms with E-state index in [4.69, 9.17) is 13.7 Å². The van der Waals surface area contributed by atoms with Gasteiger partial charge in [-0.15, -0.1) is 0 Å². The first-order valence-corrected chi connectivity index (χ1v) is 9.56. The molecule has 1 saturated heterocycles. The number of aromatic nitrogens is 1. The Morgan fingerprint density at radius 1 is 1.32 bits per heavy atom. The van der Waals surface area contributed by atoms with Crippen molar-refractivity contribution in [2.75, 3.05) is 19.7 Å². The molecular weight excluding hydrogens is 348 g/mol. The van der Waals surface area contributed by atoms with Gasteiger partial charge >= 0.3 is 5.97 Å². The number of ether oxygens (including phenoxy) is 1. The topological polar surface area (TPSA) is 103 Å². The molecule has 0 spiro atoms. The second-order valence-electron chi connectivity index (χ2n) is 5.88. The quantitative estimate of drug-likeness (QED) is 0.745. The Balaban J connectivity index is 1.71. The highest BCUT2D eigenvalue weighted by Gasteiger charge is 2.34. The highest BCUT2D eigenvalue weighted by Crippen LogP contribution is 2.29. The summed E-state index contributed by atoms with van der Waals surface area (Å²) in [5.41, 5.74) is 0.678. The first-order chi connectivity index (χ1) is 11.9. The molecule has 1 fully saturated rings. The lowest BCUT2D eigenvalue weighted by atomic mass is 9.98. The van der Waals surface area contributed by atoms with Crippen LogP contribution in [0.4, 0.5) is 0 Å². The summed E-state index contributed by atoms with van der Waals surface area (Å²) in [4.78, 5) is 11.8. The number of hydrogen-bond donors (Lipinski definition) is 0. The van der Waals surface area contributed by atoms with Crippen molar-refractivity contribution in [2.45, 2.75) is 31.8 Å². The highest BCUT2D eigenvalue weighted by atomic mass is 32.2. The molecule has 0 atom stereocenters. The minimum Gasteiger partial charge on any atom is -0.466 e. The molecule has 136 valence electrons. The van der Waals surface area contributed by atoms with Crippen molar-refractivity contribution in [3.05, 3.63) is 23.9 Å². The summed E-state index contributed by atoms with van der Waals surface area (Å²) in [6.07, 6.45) is 0.875. The zero-order chi connectivity index (χ0) is 18.0. The number of hydrogen-bond acceptors (Lipinski definition) is 7. The molecule has 3 rings (SSSR count). The predicted octanol–water partition coefficient (Wildman–Crippen LogP) is 2.21. The van der Waals surface area contributed by atoms with Crippen LogP contribution in [0.25, 0.3) is 11.5 Å².